The molecule has 10 aromatic rings. The lowest BCUT2D eigenvalue weighted by atomic mass is 9.80. The first-order valence-corrected chi connectivity index (χ1v) is 21.8. The SMILES string of the molecule is Clc1cc(-c2ccc(-c3ccccc3)cc2)nc(-c2ccccc2)n1.Fc1cc(-c2cc(-c3ccc(-c4ccccc4)cc3)nc(-c3ccccc3)n2)cc(F)c1F.OB(O)c1cc(F)c(F)c(F)c1. The molecule has 0 aliphatic carbocycles. The zero-order valence-electron chi connectivity index (χ0n) is 36.5. The van der Waals surface area contributed by atoms with Crippen molar-refractivity contribution in [1.29, 1.82) is 0 Å². The molecule has 0 unspecified atom stereocenters. The van der Waals surface area contributed by atoms with Crippen LogP contribution in [0.1, 0.15) is 0 Å². The molecule has 0 atom stereocenters. The number of aromatic nitrogens is 4. The number of rotatable bonds is 8. The molecule has 0 saturated carbocycles. The van der Waals surface area contributed by atoms with E-state index < -0.39 is 47.5 Å². The van der Waals surface area contributed by atoms with E-state index in [1.165, 1.54) is 11.1 Å². The minimum absolute atomic E-state index is 0.133. The number of hydrogen-bond donors (Lipinski definition) is 2. The Labute approximate surface area is 404 Å². The van der Waals surface area contributed by atoms with E-state index in [0.717, 1.165) is 51.2 Å². The van der Waals surface area contributed by atoms with Crippen LogP contribution in [0.15, 0.2) is 206 Å². The third kappa shape index (κ3) is 11.9. The second kappa shape index (κ2) is 22.3. The van der Waals surface area contributed by atoms with Gasteiger partial charge in [-0.1, -0.05) is 181 Å². The highest BCUT2D eigenvalue weighted by Gasteiger charge is 2.18. The Bertz CT molecular complexity index is 3320. The smallest absolute Gasteiger partial charge is 0.423 e. The summed E-state index contributed by atoms with van der Waals surface area (Å²) in [6, 6.07) is 62.0. The second-order valence-electron chi connectivity index (χ2n) is 15.4. The molecule has 6 nitrogen and oxygen atoms in total. The van der Waals surface area contributed by atoms with E-state index in [1.807, 2.05) is 133 Å². The average Bonchev–Trinajstić information content (AvgIpc) is 3.40. The summed E-state index contributed by atoms with van der Waals surface area (Å²) in [6.07, 6.45) is 0. The molecule has 344 valence electrons. The third-order valence-corrected chi connectivity index (χ3v) is 10.8. The highest BCUT2D eigenvalue weighted by Crippen LogP contribution is 2.31. The van der Waals surface area contributed by atoms with Crippen molar-refractivity contribution in [2.24, 2.45) is 0 Å². The maximum Gasteiger partial charge on any atom is 0.488 e. The molecule has 0 fully saturated rings. The molecule has 2 N–H and O–H groups in total. The van der Waals surface area contributed by atoms with Gasteiger partial charge in [0.25, 0.3) is 0 Å². The van der Waals surface area contributed by atoms with Gasteiger partial charge in [0.15, 0.2) is 46.6 Å². The Hall–Kier alpha value is -8.23. The molecule has 2 heterocycles. The molecule has 0 bridgehead atoms. The highest BCUT2D eigenvalue weighted by atomic mass is 35.5. The van der Waals surface area contributed by atoms with Gasteiger partial charge in [-0.25, -0.2) is 46.3 Å². The van der Waals surface area contributed by atoms with E-state index in [-0.39, 0.29) is 5.56 Å². The summed E-state index contributed by atoms with van der Waals surface area (Å²) in [4.78, 5) is 18.2. The van der Waals surface area contributed by atoms with E-state index in [0.29, 0.717) is 40.3 Å². The normalized spacial score (nSPS) is 10.6. The first-order chi connectivity index (χ1) is 33.9. The van der Waals surface area contributed by atoms with Crippen LogP contribution in [0, 0.1) is 34.9 Å². The molecule has 0 aliphatic heterocycles. The lowest BCUT2D eigenvalue weighted by molar-refractivity contribution is 0.421. The number of nitrogens with zero attached hydrogens (tertiary/aromatic N) is 4. The predicted octanol–water partition coefficient (Wildman–Crippen LogP) is 13.5. The van der Waals surface area contributed by atoms with E-state index in [4.69, 9.17) is 26.6 Å². The lowest BCUT2D eigenvalue weighted by Crippen LogP contribution is -2.30. The zero-order chi connectivity index (χ0) is 49.1. The van der Waals surface area contributed by atoms with Crippen molar-refractivity contribution in [3.05, 3.63) is 246 Å². The standard InChI is InChI=1S/C28H17F3N2.C22H15ClN2.C6H4BF3O2/c29-23-15-22(16-24(30)27(23)31)26-17-25(32-28(33-26)21-9-5-2-6-10-21)20-13-11-19(12-14-20)18-7-3-1-4-8-18;23-21-15-20(24-22(25-21)19-9-5-2-6-10-19)18-13-11-17(12-14-18)16-7-3-1-4-8-16;8-4-1-3(7(11)12)2-5(9)6(4)10/h1-17H;1-15H;1-2,11-12H. The van der Waals surface area contributed by atoms with Crippen molar-refractivity contribution in [2.75, 3.05) is 0 Å². The van der Waals surface area contributed by atoms with Crippen molar-refractivity contribution in [3.63, 3.8) is 0 Å². The number of benzene rings is 8. The van der Waals surface area contributed by atoms with E-state index in [1.54, 1.807) is 12.1 Å². The Morgan fingerprint density at radius 1 is 0.314 bits per heavy atom. The molecule has 8 aromatic carbocycles. The largest absolute Gasteiger partial charge is 0.488 e. The van der Waals surface area contributed by atoms with Crippen LogP contribution in [0.2, 0.25) is 5.15 Å². The van der Waals surface area contributed by atoms with Gasteiger partial charge in [0.2, 0.25) is 0 Å². The van der Waals surface area contributed by atoms with Gasteiger partial charge in [-0.2, -0.15) is 0 Å². The first kappa shape index (κ1) is 48.2. The van der Waals surface area contributed by atoms with Crippen LogP contribution in [0.3, 0.4) is 0 Å². The second-order valence-corrected chi connectivity index (χ2v) is 15.8. The van der Waals surface area contributed by atoms with Crippen molar-refractivity contribution in [2.45, 2.75) is 0 Å². The molecular weight excluding hydrogens is 921 g/mol. The Kier molecular flexibility index (Phi) is 15.3. The van der Waals surface area contributed by atoms with Gasteiger partial charge in [-0.05, 0) is 58.0 Å². The van der Waals surface area contributed by atoms with Crippen LogP contribution in [-0.2, 0) is 0 Å². The van der Waals surface area contributed by atoms with Gasteiger partial charge < -0.3 is 10.0 Å². The van der Waals surface area contributed by atoms with Crippen molar-refractivity contribution in [3.8, 4) is 78.8 Å². The van der Waals surface area contributed by atoms with Crippen LogP contribution in [0.4, 0.5) is 26.3 Å². The highest BCUT2D eigenvalue weighted by molar-refractivity contribution is 6.58. The van der Waals surface area contributed by atoms with Gasteiger partial charge in [0.1, 0.15) is 5.15 Å². The first-order valence-electron chi connectivity index (χ1n) is 21.4. The van der Waals surface area contributed by atoms with Gasteiger partial charge >= 0.3 is 7.12 Å². The van der Waals surface area contributed by atoms with Crippen LogP contribution in [0.5, 0.6) is 0 Å². The molecule has 0 amide bonds. The topological polar surface area (TPSA) is 92.0 Å². The Balaban J connectivity index is 0.000000156. The summed E-state index contributed by atoms with van der Waals surface area (Å²) in [6.45, 7) is 0. The number of hydrogen-bond acceptors (Lipinski definition) is 6. The van der Waals surface area contributed by atoms with E-state index in [9.17, 15) is 26.3 Å². The van der Waals surface area contributed by atoms with Gasteiger partial charge in [-0.3, -0.25) is 0 Å². The molecular formula is C56H36BClF6N4O2. The van der Waals surface area contributed by atoms with Crippen LogP contribution in [0.25, 0.3) is 78.8 Å². The summed E-state index contributed by atoms with van der Waals surface area (Å²) >= 11 is 6.23. The summed E-state index contributed by atoms with van der Waals surface area (Å²) in [7, 11) is -2.00. The van der Waals surface area contributed by atoms with Gasteiger partial charge in [-0.15, -0.1) is 0 Å². The molecule has 10 rings (SSSR count). The minimum atomic E-state index is -2.00. The molecule has 70 heavy (non-hydrogen) atoms. The monoisotopic (exact) mass is 956 g/mol. The lowest BCUT2D eigenvalue weighted by Gasteiger charge is -2.10. The molecule has 14 heteroatoms. The van der Waals surface area contributed by atoms with Crippen molar-refractivity contribution >= 4 is 24.2 Å². The fourth-order valence-electron chi connectivity index (χ4n) is 7.10. The molecule has 2 aromatic heterocycles. The van der Waals surface area contributed by atoms with Crippen LogP contribution < -0.4 is 5.46 Å². The minimum Gasteiger partial charge on any atom is -0.423 e. The quantitative estimate of drug-likeness (QED) is 0.0682. The van der Waals surface area contributed by atoms with E-state index in [2.05, 4.69) is 51.4 Å². The molecule has 0 aliphatic rings. The number of halogens is 7. The summed E-state index contributed by atoms with van der Waals surface area (Å²) in [5, 5.41) is 17.4. The van der Waals surface area contributed by atoms with Crippen molar-refractivity contribution in [1.82, 2.24) is 19.9 Å². The fraction of sp³-hybridized carbons (Fsp3) is 0. The summed E-state index contributed by atoms with van der Waals surface area (Å²) < 4.78 is 78.3. The fourth-order valence-corrected chi connectivity index (χ4v) is 7.28. The maximum absolute atomic E-state index is 13.9. The Morgan fingerprint density at radius 2 is 0.614 bits per heavy atom. The van der Waals surface area contributed by atoms with Gasteiger partial charge in [0, 0.05) is 33.9 Å². The van der Waals surface area contributed by atoms with Crippen LogP contribution >= 0.6 is 11.6 Å². The molecule has 0 spiro atoms. The van der Waals surface area contributed by atoms with E-state index >= 15 is 0 Å². The average molecular weight is 957 g/mol. The maximum atomic E-state index is 13.9. The Morgan fingerprint density at radius 3 is 1.00 bits per heavy atom. The predicted molar refractivity (Wildman–Crippen MR) is 263 cm³/mol. The molecule has 0 radical (unpaired) electrons. The molecule has 0 saturated heterocycles. The van der Waals surface area contributed by atoms with Crippen LogP contribution in [-0.4, -0.2) is 37.1 Å². The summed E-state index contributed by atoms with van der Waals surface area (Å²) in [5.74, 6) is -7.52. The summed E-state index contributed by atoms with van der Waals surface area (Å²) in [5.41, 5.74) is 9.46. The third-order valence-electron chi connectivity index (χ3n) is 10.6. The van der Waals surface area contributed by atoms with Crippen molar-refractivity contribution < 1.29 is 36.4 Å². The zero-order valence-corrected chi connectivity index (χ0v) is 37.3. The van der Waals surface area contributed by atoms with Gasteiger partial charge in [0.05, 0.1) is 17.1 Å².